The van der Waals surface area contributed by atoms with Gasteiger partial charge in [-0.15, -0.1) is 0 Å². The molecule has 0 saturated heterocycles. The lowest BCUT2D eigenvalue weighted by atomic mass is 9.85. The van der Waals surface area contributed by atoms with Gasteiger partial charge in [0.05, 0.1) is 12.0 Å². The van der Waals surface area contributed by atoms with Crippen molar-refractivity contribution in [2.45, 2.75) is 32.7 Å². The topological polar surface area (TPSA) is 88.8 Å². The Hall–Kier alpha value is -2.76. The number of benzene rings is 1. The van der Waals surface area contributed by atoms with Crippen molar-refractivity contribution in [1.29, 1.82) is 0 Å². The molecule has 0 bridgehead atoms. The van der Waals surface area contributed by atoms with Crippen molar-refractivity contribution in [3.05, 3.63) is 48.2 Å². The Bertz CT molecular complexity index is 707. The van der Waals surface area contributed by atoms with Crippen LogP contribution in [-0.2, 0) is 4.79 Å². The smallest absolute Gasteiger partial charge is 0.305 e. The second-order valence-electron chi connectivity index (χ2n) is 6.13. The van der Waals surface area contributed by atoms with Crippen LogP contribution >= 0.6 is 0 Å². The van der Waals surface area contributed by atoms with Gasteiger partial charge in [0.25, 0.3) is 11.9 Å². The standard InChI is InChI=1S/C18H21NO5/c1-12(2)18(3,11-15(20)21)19-17(22)14-9-10-16(24-14)23-13-7-5-4-6-8-13/h4-10,12H,11H2,1-3H3,(H,19,22)(H,20,21). The molecule has 1 aromatic heterocycles. The van der Waals surface area contributed by atoms with Crippen LogP contribution in [0, 0.1) is 5.92 Å². The zero-order valence-electron chi connectivity index (χ0n) is 13.9. The first-order valence-corrected chi connectivity index (χ1v) is 7.67. The van der Waals surface area contributed by atoms with Crippen LogP contribution in [0.3, 0.4) is 0 Å². The second kappa shape index (κ2) is 7.21. The Morgan fingerprint density at radius 1 is 1.21 bits per heavy atom. The molecule has 0 saturated carbocycles. The van der Waals surface area contributed by atoms with Crippen molar-refractivity contribution in [2.24, 2.45) is 5.92 Å². The van der Waals surface area contributed by atoms with Gasteiger partial charge in [0.1, 0.15) is 5.75 Å². The number of nitrogens with one attached hydrogen (secondary N) is 1. The second-order valence-corrected chi connectivity index (χ2v) is 6.13. The summed E-state index contributed by atoms with van der Waals surface area (Å²) in [4.78, 5) is 23.4. The van der Waals surface area contributed by atoms with Gasteiger partial charge in [-0.25, -0.2) is 0 Å². The summed E-state index contributed by atoms with van der Waals surface area (Å²) in [6, 6.07) is 12.1. The van der Waals surface area contributed by atoms with Gasteiger partial charge in [-0.05, 0) is 31.0 Å². The average Bonchev–Trinajstić information content (AvgIpc) is 2.96. The number of ether oxygens (including phenoxy) is 1. The van der Waals surface area contributed by atoms with E-state index < -0.39 is 17.4 Å². The minimum absolute atomic E-state index is 0.0625. The lowest BCUT2D eigenvalue weighted by Gasteiger charge is -2.33. The third kappa shape index (κ3) is 4.38. The molecule has 24 heavy (non-hydrogen) atoms. The summed E-state index contributed by atoms with van der Waals surface area (Å²) < 4.78 is 10.9. The number of carboxylic acid groups (broad SMARTS) is 1. The normalized spacial score (nSPS) is 13.3. The van der Waals surface area contributed by atoms with Gasteiger partial charge < -0.3 is 19.6 Å². The van der Waals surface area contributed by atoms with Gasteiger partial charge in [0, 0.05) is 6.07 Å². The summed E-state index contributed by atoms with van der Waals surface area (Å²) in [6.45, 7) is 5.42. The summed E-state index contributed by atoms with van der Waals surface area (Å²) in [5.74, 6) is -0.660. The van der Waals surface area contributed by atoms with Gasteiger partial charge in [-0.2, -0.15) is 0 Å². The van der Waals surface area contributed by atoms with E-state index in [9.17, 15) is 9.59 Å². The molecule has 1 atom stereocenters. The average molecular weight is 331 g/mol. The number of amides is 1. The highest BCUT2D eigenvalue weighted by molar-refractivity contribution is 5.92. The number of aliphatic carboxylic acids is 1. The molecule has 128 valence electrons. The van der Waals surface area contributed by atoms with Crippen LogP contribution in [0.5, 0.6) is 11.7 Å². The molecule has 6 nitrogen and oxygen atoms in total. The number of carboxylic acids is 1. The summed E-state index contributed by atoms with van der Waals surface area (Å²) in [6.07, 6.45) is -0.176. The zero-order valence-corrected chi connectivity index (χ0v) is 13.9. The fourth-order valence-corrected chi connectivity index (χ4v) is 2.13. The highest BCUT2D eigenvalue weighted by Crippen LogP contribution is 2.25. The third-order valence-electron chi connectivity index (χ3n) is 3.96. The number of hydrogen-bond acceptors (Lipinski definition) is 4. The van der Waals surface area contributed by atoms with Crippen molar-refractivity contribution >= 4 is 11.9 Å². The molecule has 2 aromatic rings. The molecule has 0 aliphatic rings. The van der Waals surface area contributed by atoms with Crippen LogP contribution in [0.1, 0.15) is 37.7 Å². The first-order chi connectivity index (χ1) is 11.3. The molecule has 2 rings (SSSR count). The van der Waals surface area contributed by atoms with Crippen molar-refractivity contribution < 1.29 is 23.8 Å². The summed E-state index contributed by atoms with van der Waals surface area (Å²) in [5.41, 5.74) is -0.879. The lowest BCUT2D eigenvalue weighted by Crippen LogP contribution is -2.51. The van der Waals surface area contributed by atoms with E-state index >= 15 is 0 Å². The predicted molar refractivity (Wildman–Crippen MR) is 88.2 cm³/mol. The molecular formula is C18H21NO5. The van der Waals surface area contributed by atoms with Crippen LogP contribution in [0.15, 0.2) is 46.9 Å². The molecule has 2 N–H and O–H groups in total. The van der Waals surface area contributed by atoms with Crippen LogP contribution in [-0.4, -0.2) is 22.5 Å². The molecule has 0 radical (unpaired) electrons. The molecule has 1 unspecified atom stereocenters. The Labute approximate surface area is 140 Å². The van der Waals surface area contributed by atoms with Crippen molar-refractivity contribution in [3.63, 3.8) is 0 Å². The number of carbonyl (C=O) groups is 2. The van der Waals surface area contributed by atoms with E-state index in [2.05, 4.69) is 5.32 Å². The molecule has 1 amide bonds. The highest BCUT2D eigenvalue weighted by atomic mass is 16.6. The van der Waals surface area contributed by atoms with Gasteiger partial charge in [-0.3, -0.25) is 9.59 Å². The first kappa shape index (κ1) is 17.6. The van der Waals surface area contributed by atoms with E-state index in [1.54, 1.807) is 25.1 Å². The van der Waals surface area contributed by atoms with Crippen molar-refractivity contribution in [2.75, 3.05) is 0 Å². The fourth-order valence-electron chi connectivity index (χ4n) is 2.13. The molecule has 1 aromatic carbocycles. The van der Waals surface area contributed by atoms with Crippen LogP contribution in [0.25, 0.3) is 0 Å². The number of carbonyl (C=O) groups excluding carboxylic acids is 1. The van der Waals surface area contributed by atoms with Crippen LogP contribution < -0.4 is 10.1 Å². The van der Waals surface area contributed by atoms with E-state index in [1.165, 1.54) is 6.07 Å². The van der Waals surface area contributed by atoms with Gasteiger partial charge in [0.2, 0.25) is 0 Å². The quantitative estimate of drug-likeness (QED) is 0.807. The largest absolute Gasteiger partial charge is 0.481 e. The van der Waals surface area contributed by atoms with E-state index in [0.717, 1.165) is 0 Å². The third-order valence-corrected chi connectivity index (χ3v) is 3.96. The first-order valence-electron chi connectivity index (χ1n) is 7.67. The number of rotatable bonds is 7. The van der Waals surface area contributed by atoms with Gasteiger partial charge in [0.15, 0.2) is 5.76 Å². The highest BCUT2D eigenvalue weighted by Gasteiger charge is 2.33. The van der Waals surface area contributed by atoms with Crippen molar-refractivity contribution in [3.8, 4) is 11.7 Å². The van der Waals surface area contributed by atoms with Gasteiger partial charge in [-0.1, -0.05) is 32.0 Å². The van der Waals surface area contributed by atoms with Crippen LogP contribution in [0.2, 0.25) is 0 Å². The SMILES string of the molecule is CC(C)C(C)(CC(=O)O)NC(=O)c1ccc(Oc2ccccc2)o1. The molecular weight excluding hydrogens is 310 g/mol. The maximum Gasteiger partial charge on any atom is 0.305 e. The maximum absolute atomic E-state index is 12.4. The minimum Gasteiger partial charge on any atom is -0.481 e. The minimum atomic E-state index is -0.973. The molecule has 0 aliphatic heterocycles. The summed E-state index contributed by atoms with van der Waals surface area (Å²) >= 11 is 0. The monoisotopic (exact) mass is 331 g/mol. The zero-order chi connectivity index (χ0) is 17.7. The molecule has 6 heteroatoms. The molecule has 0 spiro atoms. The van der Waals surface area contributed by atoms with E-state index in [1.807, 2.05) is 32.0 Å². The fraction of sp³-hybridized carbons (Fsp3) is 0.333. The van der Waals surface area contributed by atoms with Gasteiger partial charge >= 0.3 is 5.97 Å². The Balaban J connectivity index is 2.08. The molecule has 0 aliphatic carbocycles. The Kier molecular flexibility index (Phi) is 5.28. The van der Waals surface area contributed by atoms with E-state index in [4.69, 9.17) is 14.3 Å². The lowest BCUT2D eigenvalue weighted by molar-refractivity contribution is -0.138. The summed E-state index contributed by atoms with van der Waals surface area (Å²) in [5, 5.41) is 11.8. The number of furan rings is 1. The van der Waals surface area contributed by atoms with E-state index in [0.29, 0.717) is 5.75 Å². The maximum atomic E-state index is 12.4. The Morgan fingerprint density at radius 3 is 2.46 bits per heavy atom. The van der Waals surface area contributed by atoms with E-state index in [-0.39, 0.29) is 24.0 Å². The molecule has 0 fully saturated rings. The number of para-hydroxylation sites is 1. The van der Waals surface area contributed by atoms with Crippen molar-refractivity contribution in [1.82, 2.24) is 5.32 Å². The summed E-state index contributed by atoms with van der Waals surface area (Å²) in [7, 11) is 0. The molecule has 1 heterocycles. The number of hydrogen-bond donors (Lipinski definition) is 2. The predicted octanol–water partition coefficient (Wildman–Crippen LogP) is 3.69. The van der Waals surface area contributed by atoms with Crippen LogP contribution in [0.4, 0.5) is 0 Å². The Morgan fingerprint density at radius 2 is 1.88 bits per heavy atom.